The van der Waals surface area contributed by atoms with E-state index in [1.54, 1.807) is 13.2 Å². The van der Waals surface area contributed by atoms with Gasteiger partial charge in [0.05, 0.1) is 12.7 Å². The molecule has 0 aliphatic carbocycles. The Morgan fingerprint density at radius 1 is 1.42 bits per heavy atom. The lowest BCUT2D eigenvalue weighted by atomic mass is 9.91. The predicted molar refractivity (Wildman–Crippen MR) is 79.6 cm³/mol. The first-order chi connectivity index (χ1) is 9.04. The number of methoxy groups -OCH3 is 1. The van der Waals surface area contributed by atoms with Gasteiger partial charge < -0.3 is 9.64 Å². The Bertz CT molecular complexity index is 475. The number of carbonyl (C=O) groups is 1. The third kappa shape index (κ3) is 2.94. The molecule has 1 fully saturated rings. The molecule has 104 valence electrons. The Morgan fingerprint density at radius 2 is 2.16 bits per heavy atom. The molecular weight excluding hydrogens is 306 g/mol. The molecule has 2 rings (SSSR count). The Morgan fingerprint density at radius 3 is 2.84 bits per heavy atom. The van der Waals surface area contributed by atoms with Crippen molar-refractivity contribution < 1.29 is 9.53 Å². The normalized spacial score (nSPS) is 23.3. The van der Waals surface area contributed by atoms with E-state index in [0.717, 1.165) is 17.4 Å². The molecule has 1 aliphatic heterocycles. The molecule has 0 saturated carbocycles. The Balaban J connectivity index is 2.28. The fourth-order valence-corrected chi connectivity index (χ4v) is 2.99. The van der Waals surface area contributed by atoms with Crippen LogP contribution in [-0.2, 0) is 0 Å². The van der Waals surface area contributed by atoms with Gasteiger partial charge in [0.25, 0.3) is 5.91 Å². The van der Waals surface area contributed by atoms with Gasteiger partial charge in [-0.15, -0.1) is 0 Å². The van der Waals surface area contributed by atoms with Gasteiger partial charge in [0, 0.05) is 17.1 Å². The van der Waals surface area contributed by atoms with Crippen molar-refractivity contribution in [1.82, 2.24) is 4.90 Å². The number of nitrogens with zero attached hydrogens (tertiary/aromatic N) is 1. The maximum Gasteiger partial charge on any atom is 0.255 e. The standard InChI is InChI=1S/C15H20BrNO2/c1-10-5-4-8-17(11(10)2)15(18)13-9-12(19-3)6-7-14(13)16/h6-7,9-11H,4-5,8H2,1-3H3. The van der Waals surface area contributed by atoms with E-state index < -0.39 is 0 Å². The number of halogens is 1. The van der Waals surface area contributed by atoms with E-state index in [4.69, 9.17) is 4.74 Å². The lowest BCUT2D eigenvalue weighted by Gasteiger charge is -2.38. The number of rotatable bonds is 2. The summed E-state index contributed by atoms with van der Waals surface area (Å²) in [6.45, 7) is 5.19. The molecule has 0 spiro atoms. The van der Waals surface area contributed by atoms with Gasteiger partial charge in [0.2, 0.25) is 0 Å². The zero-order valence-corrected chi connectivity index (χ0v) is 13.2. The minimum absolute atomic E-state index is 0.0878. The molecule has 0 radical (unpaired) electrons. The van der Waals surface area contributed by atoms with Gasteiger partial charge in [-0.3, -0.25) is 4.79 Å². The summed E-state index contributed by atoms with van der Waals surface area (Å²) in [7, 11) is 1.61. The lowest BCUT2D eigenvalue weighted by Crippen LogP contribution is -2.46. The smallest absolute Gasteiger partial charge is 0.255 e. The number of piperidine rings is 1. The summed E-state index contributed by atoms with van der Waals surface area (Å²) in [5, 5.41) is 0. The largest absolute Gasteiger partial charge is 0.497 e. The quantitative estimate of drug-likeness (QED) is 0.829. The van der Waals surface area contributed by atoms with Crippen molar-refractivity contribution in [3.8, 4) is 5.75 Å². The summed E-state index contributed by atoms with van der Waals surface area (Å²) in [6, 6.07) is 5.81. The van der Waals surface area contributed by atoms with E-state index >= 15 is 0 Å². The van der Waals surface area contributed by atoms with Crippen LogP contribution in [0.25, 0.3) is 0 Å². The van der Waals surface area contributed by atoms with Crippen LogP contribution < -0.4 is 4.74 Å². The molecule has 19 heavy (non-hydrogen) atoms. The maximum atomic E-state index is 12.7. The minimum Gasteiger partial charge on any atom is -0.497 e. The fraction of sp³-hybridized carbons (Fsp3) is 0.533. The Kier molecular flexibility index (Phi) is 4.50. The van der Waals surface area contributed by atoms with Crippen LogP contribution in [0.2, 0.25) is 0 Å². The molecule has 1 saturated heterocycles. The molecule has 0 N–H and O–H groups in total. The SMILES string of the molecule is COc1ccc(Br)c(C(=O)N2CCCC(C)C2C)c1. The number of carbonyl (C=O) groups excluding carboxylic acids is 1. The molecule has 1 heterocycles. The summed E-state index contributed by atoms with van der Waals surface area (Å²) >= 11 is 3.46. The van der Waals surface area contributed by atoms with Crippen molar-refractivity contribution in [1.29, 1.82) is 0 Å². The van der Waals surface area contributed by atoms with Crippen molar-refractivity contribution in [2.45, 2.75) is 32.7 Å². The number of likely N-dealkylation sites (tertiary alicyclic amines) is 1. The first kappa shape index (κ1) is 14.4. The van der Waals surface area contributed by atoms with E-state index in [2.05, 4.69) is 29.8 Å². The molecule has 1 amide bonds. The third-order valence-electron chi connectivity index (χ3n) is 4.04. The average molecular weight is 326 g/mol. The lowest BCUT2D eigenvalue weighted by molar-refractivity contribution is 0.0549. The molecule has 1 aromatic carbocycles. The van der Waals surface area contributed by atoms with Crippen LogP contribution in [0, 0.1) is 5.92 Å². The molecule has 2 unspecified atom stereocenters. The average Bonchev–Trinajstić information content (AvgIpc) is 2.42. The fourth-order valence-electron chi connectivity index (χ4n) is 2.57. The van der Waals surface area contributed by atoms with Gasteiger partial charge in [-0.1, -0.05) is 6.92 Å². The van der Waals surface area contributed by atoms with E-state index in [9.17, 15) is 4.79 Å². The number of amides is 1. The number of hydrogen-bond donors (Lipinski definition) is 0. The maximum absolute atomic E-state index is 12.7. The van der Waals surface area contributed by atoms with Crippen molar-refractivity contribution in [2.75, 3.05) is 13.7 Å². The minimum atomic E-state index is 0.0878. The van der Waals surface area contributed by atoms with Gasteiger partial charge in [0.1, 0.15) is 5.75 Å². The highest BCUT2D eigenvalue weighted by Gasteiger charge is 2.29. The number of benzene rings is 1. The second-order valence-corrected chi connectivity index (χ2v) is 6.06. The highest BCUT2D eigenvalue weighted by atomic mass is 79.9. The van der Waals surface area contributed by atoms with Crippen LogP contribution in [0.5, 0.6) is 5.75 Å². The van der Waals surface area contributed by atoms with E-state index in [1.807, 2.05) is 17.0 Å². The summed E-state index contributed by atoms with van der Waals surface area (Å²) in [4.78, 5) is 14.7. The van der Waals surface area contributed by atoms with E-state index in [-0.39, 0.29) is 5.91 Å². The van der Waals surface area contributed by atoms with Crippen LogP contribution >= 0.6 is 15.9 Å². The summed E-state index contributed by atoms with van der Waals surface area (Å²) in [5.74, 6) is 1.36. The van der Waals surface area contributed by atoms with Crippen LogP contribution in [0.4, 0.5) is 0 Å². The molecule has 2 atom stereocenters. The molecule has 4 heteroatoms. The van der Waals surface area contributed by atoms with Crippen LogP contribution in [-0.4, -0.2) is 30.5 Å². The summed E-state index contributed by atoms with van der Waals surface area (Å²) in [5.41, 5.74) is 0.681. The topological polar surface area (TPSA) is 29.5 Å². The van der Waals surface area contributed by atoms with Gasteiger partial charge in [-0.05, 0) is 59.8 Å². The van der Waals surface area contributed by atoms with Crippen molar-refractivity contribution >= 4 is 21.8 Å². The molecule has 1 aliphatic rings. The third-order valence-corrected chi connectivity index (χ3v) is 4.73. The van der Waals surface area contributed by atoms with Gasteiger partial charge in [-0.2, -0.15) is 0 Å². The summed E-state index contributed by atoms with van der Waals surface area (Å²) < 4.78 is 6.03. The first-order valence-electron chi connectivity index (χ1n) is 6.69. The van der Waals surface area contributed by atoms with Crippen molar-refractivity contribution in [3.05, 3.63) is 28.2 Å². The second kappa shape index (κ2) is 5.95. The highest BCUT2D eigenvalue weighted by Crippen LogP contribution is 2.28. The Hall–Kier alpha value is -1.03. The predicted octanol–water partition coefficient (Wildman–Crippen LogP) is 3.72. The van der Waals surface area contributed by atoms with Crippen LogP contribution in [0.1, 0.15) is 37.0 Å². The molecule has 0 aromatic heterocycles. The number of hydrogen-bond acceptors (Lipinski definition) is 2. The first-order valence-corrected chi connectivity index (χ1v) is 7.48. The van der Waals surface area contributed by atoms with E-state index in [1.165, 1.54) is 6.42 Å². The monoisotopic (exact) mass is 325 g/mol. The van der Waals surface area contributed by atoms with Crippen LogP contribution in [0.15, 0.2) is 22.7 Å². The molecule has 3 nitrogen and oxygen atoms in total. The van der Waals surface area contributed by atoms with Crippen molar-refractivity contribution in [3.63, 3.8) is 0 Å². The zero-order chi connectivity index (χ0) is 14.0. The zero-order valence-electron chi connectivity index (χ0n) is 11.6. The Labute approximate surface area is 123 Å². The highest BCUT2D eigenvalue weighted by molar-refractivity contribution is 9.10. The molecule has 1 aromatic rings. The number of ether oxygens (including phenoxy) is 1. The second-order valence-electron chi connectivity index (χ2n) is 5.20. The van der Waals surface area contributed by atoms with Gasteiger partial charge in [0.15, 0.2) is 0 Å². The molecular formula is C15H20BrNO2. The van der Waals surface area contributed by atoms with E-state index in [0.29, 0.717) is 23.3 Å². The van der Waals surface area contributed by atoms with Crippen LogP contribution in [0.3, 0.4) is 0 Å². The van der Waals surface area contributed by atoms with Crippen molar-refractivity contribution in [2.24, 2.45) is 5.92 Å². The molecule has 0 bridgehead atoms. The van der Waals surface area contributed by atoms with Gasteiger partial charge in [-0.25, -0.2) is 0 Å². The van der Waals surface area contributed by atoms with Gasteiger partial charge >= 0.3 is 0 Å². The summed E-state index contributed by atoms with van der Waals surface area (Å²) in [6.07, 6.45) is 2.28.